The predicted octanol–water partition coefficient (Wildman–Crippen LogP) is 5.08. The van der Waals surface area contributed by atoms with Crippen LogP contribution in [0.3, 0.4) is 0 Å². The van der Waals surface area contributed by atoms with Gasteiger partial charge in [0.25, 0.3) is 5.91 Å². The minimum atomic E-state index is -0.269. The number of benzene rings is 2. The van der Waals surface area contributed by atoms with Crippen molar-refractivity contribution in [1.82, 2.24) is 10.2 Å². The molecule has 0 atom stereocenters. The van der Waals surface area contributed by atoms with Crippen LogP contribution < -0.4 is 5.32 Å². The van der Waals surface area contributed by atoms with Gasteiger partial charge in [0.1, 0.15) is 11.4 Å². The highest BCUT2D eigenvalue weighted by Crippen LogP contribution is 2.32. The number of hydrogen-bond acceptors (Lipinski definition) is 3. The van der Waals surface area contributed by atoms with Crippen molar-refractivity contribution in [2.75, 3.05) is 5.32 Å². The van der Waals surface area contributed by atoms with Gasteiger partial charge in [-0.05, 0) is 73.2 Å². The number of nitrogens with zero attached hydrogens (tertiary/aromatic N) is 1. The average Bonchev–Trinajstić information content (AvgIpc) is 3.07. The Kier molecular flexibility index (Phi) is 5.04. The zero-order chi connectivity index (χ0) is 19.7. The summed E-state index contributed by atoms with van der Waals surface area (Å²) >= 11 is 0. The average molecular weight is 363 g/mol. The smallest absolute Gasteiger partial charge is 0.273 e. The van der Waals surface area contributed by atoms with E-state index in [4.69, 9.17) is 0 Å². The van der Waals surface area contributed by atoms with Gasteiger partial charge in [0.2, 0.25) is 0 Å². The van der Waals surface area contributed by atoms with Crippen molar-refractivity contribution in [3.05, 3.63) is 64.3 Å². The van der Waals surface area contributed by atoms with Gasteiger partial charge in [0.05, 0.1) is 5.69 Å². The van der Waals surface area contributed by atoms with Crippen molar-refractivity contribution in [1.29, 1.82) is 0 Å². The summed E-state index contributed by atoms with van der Waals surface area (Å²) in [6, 6.07) is 11.3. The Hall–Kier alpha value is -3.08. The van der Waals surface area contributed by atoms with Crippen LogP contribution in [-0.4, -0.2) is 21.2 Å². The Morgan fingerprint density at radius 3 is 2.48 bits per heavy atom. The van der Waals surface area contributed by atoms with Crippen LogP contribution in [0.5, 0.6) is 5.75 Å². The van der Waals surface area contributed by atoms with Crippen molar-refractivity contribution in [2.24, 2.45) is 0 Å². The molecule has 0 saturated heterocycles. The van der Waals surface area contributed by atoms with Gasteiger partial charge in [0.15, 0.2) is 0 Å². The Labute approximate surface area is 159 Å². The molecule has 3 aromatic rings. The number of aromatic hydroxyl groups is 1. The third-order valence-electron chi connectivity index (χ3n) is 4.69. The maximum absolute atomic E-state index is 12.6. The van der Waals surface area contributed by atoms with Gasteiger partial charge in [-0.25, -0.2) is 0 Å². The number of H-pyrrole nitrogens is 1. The van der Waals surface area contributed by atoms with Gasteiger partial charge >= 0.3 is 0 Å². The lowest BCUT2D eigenvalue weighted by molar-refractivity contribution is 0.102. The highest BCUT2D eigenvalue weighted by molar-refractivity contribution is 6.03. The molecule has 0 aliphatic carbocycles. The van der Waals surface area contributed by atoms with Gasteiger partial charge in [-0.15, -0.1) is 0 Å². The van der Waals surface area contributed by atoms with Gasteiger partial charge in [-0.3, -0.25) is 9.89 Å². The monoisotopic (exact) mass is 363 g/mol. The molecule has 0 spiro atoms. The van der Waals surface area contributed by atoms with E-state index in [-0.39, 0.29) is 11.7 Å². The van der Waals surface area contributed by atoms with E-state index in [0.29, 0.717) is 22.9 Å². The predicted molar refractivity (Wildman–Crippen MR) is 108 cm³/mol. The lowest BCUT2D eigenvalue weighted by Crippen LogP contribution is -2.12. The van der Waals surface area contributed by atoms with Gasteiger partial charge in [-0.1, -0.05) is 26.0 Å². The lowest BCUT2D eigenvalue weighted by Gasteiger charge is -2.11. The third-order valence-corrected chi connectivity index (χ3v) is 4.69. The van der Waals surface area contributed by atoms with E-state index in [2.05, 4.69) is 29.4 Å². The Morgan fingerprint density at radius 2 is 1.81 bits per heavy atom. The van der Waals surface area contributed by atoms with E-state index >= 15 is 0 Å². The highest BCUT2D eigenvalue weighted by atomic mass is 16.3. The van der Waals surface area contributed by atoms with Gasteiger partial charge in [0, 0.05) is 11.3 Å². The summed E-state index contributed by atoms with van der Waals surface area (Å²) in [5, 5.41) is 20.2. The number of carbonyl (C=O) groups excluding carboxylic acids is 1. The van der Waals surface area contributed by atoms with Crippen LogP contribution in [0.4, 0.5) is 5.69 Å². The van der Waals surface area contributed by atoms with E-state index < -0.39 is 0 Å². The van der Waals surface area contributed by atoms with Crippen molar-refractivity contribution < 1.29 is 9.90 Å². The number of phenols is 1. The fraction of sp³-hybridized carbons (Fsp3) is 0.273. The zero-order valence-corrected chi connectivity index (χ0v) is 16.3. The second kappa shape index (κ2) is 7.27. The van der Waals surface area contributed by atoms with Gasteiger partial charge < -0.3 is 10.4 Å². The Bertz CT molecular complexity index is 1000. The second-order valence-corrected chi connectivity index (χ2v) is 7.33. The summed E-state index contributed by atoms with van der Waals surface area (Å²) in [5.41, 5.74) is 6.45. The van der Waals surface area contributed by atoms with Crippen molar-refractivity contribution in [3.63, 3.8) is 0 Å². The molecule has 0 bridgehead atoms. The number of aromatic nitrogens is 2. The van der Waals surface area contributed by atoms with Crippen LogP contribution in [0.15, 0.2) is 36.4 Å². The summed E-state index contributed by atoms with van der Waals surface area (Å²) in [6.07, 6.45) is 0. The maximum atomic E-state index is 12.6. The fourth-order valence-corrected chi connectivity index (χ4v) is 3.33. The number of hydrogen-bond donors (Lipinski definition) is 3. The lowest BCUT2D eigenvalue weighted by atomic mass is 9.98. The zero-order valence-electron chi connectivity index (χ0n) is 16.3. The normalized spacial score (nSPS) is 11.0. The first-order chi connectivity index (χ1) is 12.8. The molecule has 0 fully saturated rings. The molecule has 0 radical (unpaired) electrons. The minimum Gasteiger partial charge on any atom is -0.507 e. The van der Waals surface area contributed by atoms with Crippen LogP contribution in [-0.2, 0) is 0 Å². The molecule has 2 aromatic carbocycles. The quantitative estimate of drug-likeness (QED) is 0.604. The molecule has 5 nitrogen and oxygen atoms in total. The number of anilines is 1. The third kappa shape index (κ3) is 3.87. The van der Waals surface area contributed by atoms with Crippen molar-refractivity contribution in [2.45, 2.75) is 40.5 Å². The minimum absolute atomic E-state index is 0.180. The van der Waals surface area contributed by atoms with E-state index in [0.717, 1.165) is 22.4 Å². The first kappa shape index (κ1) is 18.7. The molecule has 0 aliphatic rings. The molecule has 27 heavy (non-hydrogen) atoms. The Balaban J connectivity index is 1.83. The molecule has 1 heterocycles. The van der Waals surface area contributed by atoms with Crippen molar-refractivity contribution >= 4 is 11.6 Å². The first-order valence-corrected chi connectivity index (χ1v) is 9.04. The summed E-state index contributed by atoms with van der Waals surface area (Å²) in [7, 11) is 0. The number of aromatic amines is 1. The molecule has 0 aliphatic heterocycles. The number of phenolic OH excluding ortho intramolecular Hbond substituents is 1. The SMILES string of the molecule is Cc1cc(C)c(O)c(-c2cc(C(=O)Nc3ccc(C(C)C)c(C)c3)[nH]n2)c1. The molecule has 0 saturated carbocycles. The van der Waals surface area contributed by atoms with Crippen LogP contribution in [0.25, 0.3) is 11.3 Å². The number of nitrogens with one attached hydrogen (secondary N) is 2. The second-order valence-electron chi connectivity index (χ2n) is 7.33. The summed E-state index contributed by atoms with van der Waals surface area (Å²) in [4.78, 5) is 12.6. The first-order valence-electron chi connectivity index (χ1n) is 9.04. The molecule has 5 heteroatoms. The number of carbonyl (C=O) groups is 1. The highest BCUT2D eigenvalue weighted by Gasteiger charge is 2.15. The molecule has 140 valence electrons. The molecule has 1 aromatic heterocycles. The van der Waals surface area contributed by atoms with Gasteiger partial charge in [-0.2, -0.15) is 5.10 Å². The molecular weight excluding hydrogens is 338 g/mol. The van der Waals surface area contributed by atoms with Crippen LogP contribution >= 0.6 is 0 Å². The summed E-state index contributed by atoms with van der Waals surface area (Å²) < 4.78 is 0. The van der Waals surface area contributed by atoms with E-state index in [1.807, 2.05) is 51.1 Å². The number of aryl methyl sites for hydroxylation is 3. The fourth-order valence-electron chi connectivity index (χ4n) is 3.33. The molecule has 0 unspecified atom stereocenters. The maximum Gasteiger partial charge on any atom is 0.273 e. The summed E-state index contributed by atoms with van der Waals surface area (Å²) in [6.45, 7) is 10.1. The number of amides is 1. The van der Waals surface area contributed by atoms with E-state index in [1.54, 1.807) is 6.07 Å². The van der Waals surface area contributed by atoms with E-state index in [9.17, 15) is 9.90 Å². The van der Waals surface area contributed by atoms with Crippen LogP contribution in [0.1, 0.15) is 52.5 Å². The summed E-state index contributed by atoms with van der Waals surface area (Å²) in [5.74, 6) is 0.351. The van der Waals surface area contributed by atoms with E-state index in [1.165, 1.54) is 5.56 Å². The molecular formula is C22H25N3O2. The van der Waals surface area contributed by atoms with Crippen LogP contribution in [0.2, 0.25) is 0 Å². The standard InChI is InChI=1S/C22H25N3O2/c1-12(2)17-7-6-16(10-14(17)4)23-22(27)20-11-19(24-25-20)18-9-13(3)8-15(5)21(18)26/h6-12,26H,1-5H3,(H,23,27)(H,24,25). The van der Waals surface area contributed by atoms with Crippen LogP contribution in [0, 0.1) is 20.8 Å². The topological polar surface area (TPSA) is 78.0 Å². The van der Waals surface area contributed by atoms with Crippen molar-refractivity contribution in [3.8, 4) is 17.0 Å². The molecule has 3 N–H and O–H groups in total. The molecule has 3 rings (SSSR count). The Morgan fingerprint density at radius 1 is 1.07 bits per heavy atom. The largest absolute Gasteiger partial charge is 0.507 e. The molecule has 1 amide bonds. The number of rotatable bonds is 4.